The van der Waals surface area contributed by atoms with Crippen molar-refractivity contribution in [1.29, 1.82) is 0 Å². The van der Waals surface area contributed by atoms with Crippen molar-refractivity contribution in [2.75, 3.05) is 0 Å². The van der Waals surface area contributed by atoms with Gasteiger partial charge in [0.05, 0.1) is 11.0 Å². The molecule has 0 atom stereocenters. The molecule has 0 fully saturated rings. The van der Waals surface area contributed by atoms with Crippen molar-refractivity contribution in [3.05, 3.63) is 206 Å². The molecule has 6 heteroatoms. The highest BCUT2D eigenvalue weighted by atomic mass is 16.3. The van der Waals surface area contributed by atoms with Crippen LogP contribution in [-0.4, -0.2) is 19.5 Å². The van der Waals surface area contributed by atoms with E-state index in [1.807, 2.05) is 60.7 Å². The first-order chi connectivity index (χ1) is 31.2. The lowest BCUT2D eigenvalue weighted by Gasteiger charge is -2.14. The largest absolute Gasteiger partial charge is 0.456 e. The molecule has 0 N–H and O–H groups in total. The van der Waals surface area contributed by atoms with Crippen molar-refractivity contribution in [3.63, 3.8) is 0 Å². The van der Waals surface area contributed by atoms with Crippen LogP contribution in [0.5, 0.6) is 0 Å². The number of rotatable bonds is 6. The summed E-state index contributed by atoms with van der Waals surface area (Å²) in [7, 11) is 0. The van der Waals surface area contributed by atoms with Gasteiger partial charge in [-0.2, -0.15) is 0 Å². The van der Waals surface area contributed by atoms with Crippen molar-refractivity contribution < 1.29 is 8.83 Å². The Kier molecular flexibility index (Phi) is 7.80. The van der Waals surface area contributed by atoms with Crippen LogP contribution in [0.4, 0.5) is 0 Å². The molecule has 0 unspecified atom stereocenters. The van der Waals surface area contributed by atoms with Gasteiger partial charge in [-0.15, -0.1) is 0 Å². The first-order valence-corrected chi connectivity index (χ1v) is 21.1. The molecule has 0 aliphatic heterocycles. The van der Waals surface area contributed by atoms with E-state index >= 15 is 0 Å². The first kappa shape index (κ1) is 35.2. The Balaban J connectivity index is 1.08. The van der Waals surface area contributed by atoms with Gasteiger partial charge >= 0.3 is 0 Å². The van der Waals surface area contributed by atoms with Crippen molar-refractivity contribution in [2.45, 2.75) is 0 Å². The smallest absolute Gasteiger partial charge is 0.164 e. The molecule has 6 nitrogen and oxygen atoms in total. The normalized spacial score (nSPS) is 11.8. The number of aromatic nitrogens is 4. The lowest BCUT2D eigenvalue weighted by Crippen LogP contribution is -2.01. The van der Waals surface area contributed by atoms with E-state index in [1.54, 1.807) is 0 Å². The molecule has 4 aromatic heterocycles. The van der Waals surface area contributed by atoms with Gasteiger partial charge in [0.15, 0.2) is 17.5 Å². The van der Waals surface area contributed by atoms with Crippen molar-refractivity contribution in [2.24, 2.45) is 0 Å². The molecule has 0 saturated heterocycles. The lowest BCUT2D eigenvalue weighted by molar-refractivity contribution is 0.668. The van der Waals surface area contributed by atoms with Crippen LogP contribution >= 0.6 is 0 Å². The SMILES string of the molecule is c1ccc(-c2cc(-c3ccccc3)cc(-n3c4ccccc4c4c(-c5nc(-c6ccc7oc8ccccc8c7c6)nc(-c6cccc7oc8ccccc8c67)n5)cccc43)c2)cc1. The summed E-state index contributed by atoms with van der Waals surface area (Å²) in [6.45, 7) is 0. The molecule has 13 rings (SSSR count). The number of fused-ring (bicyclic) bond motifs is 9. The fourth-order valence-electron chi connectivity index (χ4n) is 9.39. The molecule has 0 saturated carbocycles. The van der Waals surface area contributed by atoms with E-state index in [1.165, 1.54) is 0 Å². The predicted octanol–water partition coefficient (Wildman–Crippen LogP) is 15.1. The van der Waals surface area contributed by atoms with Crippen molar-refractivity contribution in [3.8, 4) is 62.1 Å². The van der Waals surface area contributed by atoms with E-state index < -0.39 is 0 Å². The summed E-state index contributed by atoms with van der Waals surface area (Å²) in [5.41, 5.74) is 13.7. The highest BCUT2D eigenvalue weighted by molar-refractivity contribution is 6.16. The van der Waals surface area contributed by atoms with Crippen molar-refractivity contribution >= 4 is 65.7 Å². The van der Waals surface area contributed by atoms with Crippen LogP contribution in [0.25, 0.3) is 128 Å². The average Bonchev–Trinajstić information content (AvgIpc) is 4.04. The maximum atomic E-state index is 6.36. The summed E-state index contributed by atoms with van der Waals surface area (Å²) in [6.07, 6.45) is 0. The van der Waals surface area contributed by atoms with Gasteiger partial charge in [-0.05, 0) is 89.0 Å². The molecular formula is C57H34N4O2. The molecule has 0 radical (unpaired) electrons. The monoisotopic (exact) mass is 806 g/mol. The highest BCUT2D eigenvalue weighted by Crippen LogP contribution is 2.42. The third-order valence-electron chi connectivity index (χ3n) is 12.2. The minimum absolute atomic E-state index is 0.563. The highest BCUT2D eigenvalue weighted by Gasteiger charge is 2.22. The fourth-order valence-corrected chi connectivity index (χ4v) is 9.39. The van der Waals surface area contributed by atoms with E-state index in [0.29, 0.717) is 17.5 Å². The van der Waals surface area contributed by atoms with E-state index in [4.69, 9.17) is 23.8 Å². The average molecular weight is 807 g/mol. The quantitative estimate of drug-likeness (QED) is 0.167. The topological polar surface area (TPSA) is 69.9 Å². The van der Waals surface area contributed by atoms with Gasteiger partial charge in [-0.3, -0.25) is 0 Å². The zero-order chi connectivity index (χ0) is 41.4. The number of hydrogen-bond donors (Lipinski definition) is 0. The Bertz CT molecular complexity index is 3860. The second-order valence-corrected chi connectivity index (χ2v) is 15.9. The van der Waals surface area contributed by atoms with E-state index in [2.05, 4.69) is 150 Å². The molecule has 0 bridgehead atoms. The zero-order valence-corrected chi connectivity index (χ0v) is 33.7. The van der Waals surface area contributed by atoms with Gasteiger partial charge in [0.1, 0.15) is 22.3 Å². The van der Waals surface area contributed by atoms with Crippen LogP contribution in [0.1, 0.15) is 0 Å². The molecule has 294 valence electrons. The van der Waals surface area contributed by atoms with Crippen LogP contribution in [-0.2, 0) is 0 Å². The summed E-state index contributed by atoms with van der Waals surface area (Å²) in [6, 6.07) is 71.7. The van der Waals surface area contributed by atoms with Crippen LogP contribution < -0.4 is 0 Å². The zero-order valence-electron chi connectivity index (χ0n) is 33.7. The maximum absolute atomic E-state index is 6.36. The summed E-state index contributed by atoms with van der Waals surface area (Å²) >= 11 is 0. The minimum atomic E-state index is 0.563. The summed E-state index contributed by atoms with van der Waals surface area (Å²) in [4.78, 5) is 16.0. The van der Waals surface area contributed by atoms with Crippen molar-refractivity contribution in [1.82, 2.24) is 19.5 Å². The Labute approximate surface area is 361 Å². The minimum Gasteiger partial charge on any atom is -0.456 e. The molecule has 0 aliphatic rings. The first-order valence-electron chi connectivity index (χ1n) is 21.1. The molecule has 63 heavy (non-hydrogen) atoms. The number of hydrogen-bond acceptors (Lipinski definition) is 5. The van der Waals surface area contributed by atoms with Gasteiger partial charge in [0.2, 0.25) is 0 Å². The van der Waals surface area contributed by atoms with Gasteiger partial charge < -0.3 is 13.4 Å². The number of furan rings is 2. The number of para-hydroxylation sites is 3. The fraction of sp³-hybridized carbons (Fsp3) is 0. The second-order valence-electron chi connectivity index (χ2n) is 15.9. The van der Waals surface area contributed by atoms with Crippen LogP contribution in [0.3, 0.4) is 0 Å². The van der Waals surface area contributed by atoms with Gasteiger partial charge in [-0.1, -0.05) is 140 Å². The van der Waals surface area contributed by atoms with Crippen LogP contribution in [0, 0.1) is 0 Å². The number of nitrogens with zero attached hydrogens (tertiary/aromatic N) is 4. The lowest BCUT2D eigenvalue weighted by atomic mass is 9.98. The predicted molar refractivity (Wildman–Crippen MR) is 256 cm³/mol. The Morgan fingerprint density at radius 3 is 1.56 bits per heavy atom. The molecule has 9 aromatic carbocycles. The molecule has 4 heterocycles. The van der Waals surface area contributed by atoms with E-state index in [-0.39, 0.29) is 0 Å². The Morgan fingerprint density at radius 1 is 0.302 bits per heavy atom. The van der Waals surface area contributed by atoms with Crippen LogP contribution in [0.2, 0.25) is 0 Å². The molecule has 13 aromatic rings. The molecule has 0 amide bonds. The second kappa shape index (κ2) is 14.0. The summed E-state index contributed by atoms with van der Waals surface area (Å²) in [5.74, 6) is 1.71. The summed E-state index contributed by atoms with van der Waals surface area (Å²) < 4.78 is 15.0. The Morgan fingerprint density at radius 2 is 0.825 bits per heavy atom. The molecule has 0 spiro atoms. The summed E-state index contributed by atoms with van der Waals surface area (Å²) in [5, 5.41) is 6.19. The molecular weight excluding hydrogens is 773 g/mol. The third-order valence-corrected chi connectivity index (χ3v) is 12.2. The van der Waals surface area contributed by atoms with E-state index in [9.17, 15) is 0 Å². The maximum Gasteiger partial charge on any atom is 0.164 e. The van der Waals surface area contributed by atoms with E-state index in [0.717, 1.165) is 110 Å². The van der Waals surface area contributed by atoms with Gasteiger partial charge in [0, 0.05) is 54.7 Å². The van der Waals surface area contributed by atoms with Crippen LogP contribution in [0.15, 0.2) is 215 Å². The standard InChI is InChI=1S/C57H34N4O2/c1-3-15-35(16-4-1)38-31-39(36-17-5-2-6-18-36)33-40(32-38)61-47-24-10-7-20-42(47)53-44(22-13-25-48(53)61)56-58-55(37-29-30-51-46(34-37)41-19-8-11-26-49(41)62-51)59-57(60-56)45-23-14-28-52-54(45)43-21-9-12-27-50(43)63-52/h1-34H. The Hall–Kier alpha value is -8.61. The van der Waals surface area contributed by atoms with Gasteiger partial charge in [-0.25, -0.2) is 15.0 Å². The molecule has 0 aliphatic carbocycles. The third kappa shape index (κ3) is 5.69. The van der Waals surface area contributed by atoms with Gasteiger partial charge in [0.25, 0.3) is 0 Å². The number of benzene rings is 9.